The molecule has 0 spiro atoms. The second-order valence-electron chi connectivity index (χ2n) is 5.10. The van der Waals surface area contributed by atoms with Crippen LogP contribution in [-0.4, -0.2) is 36.9 Å². The molecule has 1 rings (SSSR count). The SMILES string of the molecule is COCCN(Cc1ccc(Br)s1)C(=O)OC(C)(C)C. The number of rotatable bonds is 5. The second kappa shape index (κ2) is 7.26. The number of hydrogen-bond donors (Lipinski definition) is 0. The fourth-order valence-corrected chi connectivity index (χ4v) is 2.89. The predicted octanol–water partition coefficient (Wildman–Crippen LogP) is 3.89. The lowest BCUT2D eigenvalue weighted by molar-refractivity contribution is 0.0186. The van der Waals surface area contributed by atoms with E-state index in [1.807, 2.05) is 32.9 Å². The summed E-state index contributed by atoms with van der Waals surface area (Å²) < 4.78 is 11.5. The highest BCUT2D eigenvalue weighted by molar-refractivity contribution is 9.11. The van der Waals surface area contributed by atoms with Crippen LogP contribution in [0.5, 0.6) is 0 Å². The number of carbonyl (C=O) groups excluding carboxylic acids is 1. The minimum absolute atomic E-state index is 0.311. The maximum atomic E-state index is 12.1. The van der Waals surface area contributed by atoms with Gasteiger partial charge in [-0.3, -0.25) is 0 Å². The third kappa shape index (κ3) is 6.40. The third-order valence-electron chi connectivity index (χ3n) is 2.19. The van der Waals surface area contributed by atoms with Crippen LogP contribution in [0.2, 0.25) is 0 Å². The first-order valence-corrected chi connectivity index (χ1v) is 7.64. The van der Waals surface area contributed by atoms with Crippen molar-refractivity contribution in [3.63, 3.8) is 0 Å². The summed E-state index contributed by atoms with van der Waals surface area (Å²) in [5, 5.41) is 0. The zero-order valence-electron chi connectivity index (χ0n) is 11.7. The fourth-order valence-electron chi connectivity index (χ4n) is 1.39. The molecule has 19 heavy (non-hydrogen) atoms. The topological polar surface area (TPSA) is 38.8 Å². The lowest BCUT2D eigenvalue weighted by Gasteiger charge is -2.27. The lowest BCUT2D eigenvalue weighted by Crippen LogP contribution is -2.38. The summed E-state index contributed by atoms with van der Waals surface area (Å²) in [5.41, 5.74) is -0.488. The first-order valence-electron chi connectivity index (χ1n) is 6.03. The Morgan fingerprint density at radius 3 is 2.58 bits per heavy atom. The Morgan fingerprint density at radius 1 is 1.42 bits per heavy atom. The summed E-state index contributed by atoms with van der Waals surface area (Å²) in [5.74, 6) is 0. The van der Waals surface area contributed by atoms with E-state index < -0.39 is 5.60 Å². The Kier molecular flexibility index (Phi) is 6.29. The van der Waals surface area contributed by atoms with Crippen LogP contribution >= 0.6 is 27.3 Å². The van der Waals surface area contributed by atoms with Gasteiger partial charge in [0.15, 0.2) is 0 Å². The molecule has 0 saturated carbocycles. The molecule has 0 radical (unpaired) electrons. The Labute approximate surface area is 126 Å². The Hall–Kier alpha value is -0.590. The van der Waals surface area contributed by atoms with Crippen molar-refractivity contribution in [2.24, 2.45) is 0 Å². The quantitative estimate of drug-likeness (QED) is 0.809. The van der Waals surface area contributed by atoms with E-state index >= 15 is 0 Å². The van der Waals surface area contributed by atoms with Gasteiger partial charge < -0.3 is 14.4 Å². The van der Waals surface area contributed by atoms with E-state index in [0.717, 1.165) is 8.66 Å². The average molecular weight is 350 g/mol. The van der Waals surface area contributed by atoms with Crippen LogP contribution in [0.15, 0.2) is 15.9 Å². The number of amides is 1. The minimum atomic E-state index is -0.488. The standard InChI is InChI=1S/C13H20BrNO3S/c1-13(2,3)18-12(16)15(7-8-17-4)9-10-5-6-11(14)19-10/h5-6H,7-9H2,1-4H3. The van der Waals surface area contributed by atoms with E-state index in [1.54, 1.807) is 23.3 Å². The molecule has 108 valence electrons. The highest BCUT2D eigenvalue weighted by Crippen LogP contribution is 2.23. The van der Waals surface area contributed by atoms with Crippen LogP contribution in [0.4, 0.5) is 4.79 Å². The van der Waals surface area contributed by atoms with Gasteiger partial charge >= 0.3 is 6.09 Å². The third-order valence-corrected chi connectivity index (χ3v) is 3.80. The first kappa shape index (κ1) is 16.5. The van der Waals surface area contributed by atoms with Gasteiger partial charge in [0.2, 0.25) is 0 Å². The summed E-state index contributed by atoms with van der Waals surface area (Å²) in [4.78, 5) is 14.9. The molecule has 0 aliphatic heterocycles. The van der Waals surface area contributed by atoms with Crippen LogP contribution in [0.3, 0.4) is 0 Å². The monoisotopic (exact) mass is 349 g/mol. The number of methoxy groups -OCH3 is 1. The summed E-state index contributed by atoms with van der Waals surface area (Å²) in [6, 6.07) is 3.97. The van der Waals surface area contributed by atoms with Crippen LogP contribution in [0.25, 0.3) is 0 Å². The van der Waals surface area contributed by atoms with E-state index in [1.165, 1.54) is 0 Å². The highest BCUT2D eigenvalue weighted by Gasteiger charge is 2.22. The molecule has 0 saturated heterocycles. The molecule has 0 aliphatic carbocycles. The second-order valence-corrected chi connectivity index (χ2v) is 7.65. The largest absolute Gasteiger partial charge is 0.444 e. The molecule has 0 N–H and O–H groups in total. The van der Waals surface area contributed by atoms with Gasteiger partial charge in [-0.25, -0.2) is 4.79 Å². The van der Waals surface area contributed by atoms with Crippen molar-refractivity contribution in [2.75, 3.05) is 20.3 Å². The van der Waals surface area contributed by atoms with Crippen LogP contribution < -0.4 is 0 Å². The average Bonchev–Trinajstić information content (AvgIpc) is 2.67. The maximum absolute atomic E-state index is 12.1. The summed E-state index contributed by atoms with van der Waals surface area (Å²) in [6.45, 7) is 7.13. The highest BCUT2D eigenvalue weighted by atomic mass is 79.9. The van der Waals surface area contributed by atoms with Crippen molar-refractivity contribution < 1.29 is 14.3 Å². The molecule has 0 aromatic carbocycles. The zero-order valence-corrected chi connectivity index (χ0v) is 14.1. The smallest absolute Gasteiger partial charge is 0.410 e. The van der Waals surface area contributed by atoms with Gasteiger partial charge in [-0.05, 0) is 48.8 Å². The summed E-state index contributed by atoms with van der Waals surface area (Å²) >= 11 is 5.03. The predicted molar refractivity (Wildman–Crippen MR) is 80.5 cm³/mol. The van der Waals surface area contributed by atoms with Crippen molar-refractivity contribution in [3.8, 4) is 0 Å². The lowest BCUT2D eigenvalue weighted by atomic mass is 10.2. The summed E-state index contributed by atoms with van der Waals surface area (Å²) in [7, 11) is 1.62. The molecular weight excluding hydrogens is 330 g/mol. The molecule has 0 unspecified atom stereocenters. The van der Waals surface area contributed by atoms with Crippen LogP contribution in [0, 0.1) is 0 Å². The molecule has 0 bridgehead atoms. The molecule has 0 aliphatic rings. The van der Waals surface area contributed by atoms with Gasteiger partial charge in [-0.1, -0.05) is 0 Å². The number of ether oxygens (including phenoxy) is 2. The van der Waals surface area contributed by atoms with Gasteiger partial charge in [-0.15, -0.1) is 11.3 Å². The Balaban J connectivity index is 2.68. The molecule has 1 amide bonds. The molecule has 0 atom stereocenters. The Bertz CT molecular complexity index is 414. The molecule has 1 aromatic rings. The van der Waals surface area contributed by atoms with Crippen LogP contribution in [-0.2, 0) is 16.0 Å². The maximum Gasteiger partial charge on any atom is 0.410 e. The zero-order chi connectivity index (χ0) is 14.5. The van der Waals surface area contributed by atoms with Crippen molar-refractivity contribution in [3.05, 3.63) is 20.8 Å². The van der Waals surface area contributed by atoms with E-state index in [-0.39, 0.29) is 6.09 Å². The normalized spacial score (nSPS) is 11.4. The van der Waals surface area contributed by atoms with Crippen LogP contribution in [0.1, 0.15) is 25.6 Å². The number of nitrogens with zero attached hydrogens (tertiary/aromatic N) is 1. The van der Waals surface area contributed by atoms with E-state index in [4.69, 9.17) is 9.47 Å². The first-order chi connectivity index (χ1) is 8.81. The van der Waals surface area contributed by atoms with E-state index in [2.05, 4.69) is 15.9 Å². The molecule has 4 nitrogen and oxygen atoms in total. The van der Waals surface area contributed by atoms with E-state index in [0.29, 0.717) is 19.7 Å². The van der Waals surface area contributed by atoms with Crippen molar-refractivity contribution >= 4 is 33.4 Å². The molecular formula is C13H20BrNO3S. The Morgan fingerprint density at radius 2 is 2.11 bits per heavy atom. The van der Waals surface area contributed by atoms with E-state index in [9.17, 15) is 4.79 Å². The number of carbonyl (C=O) groups is 1. The van der Waals surface area contributed by atoms with Crippen molar-refractivity contribution in [1.82, 2.24) is 4.90 Å². The van der Waals surface area contributed by atoms with Gasteiger partial charge in [-0.2, -0.15) is 0 Å². The molecule has 1 aromatic heterocycles. The number of hydrogen-bond acceptors (Lipinski definition) is 4. The van der Waals surface area contributed by atoms with Gasteiger partial charge in [0.25, 0.3) is 0 Å². The minimum Gasteiger partial charge on any atom is -0.444 e. The molecule has 1 heterocycles. The molecule has 0 fully saturated rings. The van der Waals surface area contributed by atoms with Gasteiger partial charge in [0, 0.05) is 18.5 Å². The number of thiophene rings is 1. The van der Waals surface area contributed by atoms with Crippen molar-refractivity contribution in [2.45, 2.75) is 32.9 Å². The fraction of sp³-hybridized carbons (Fsp3) is 0.615. The van der Waals surface area contributed by atoms with Gasteiger partial charge in [0.1, 0.15) is 5.60 Å². The van der Waals surface area contributed by atoms with Crippen molar-refractivity contribution in [1.29, 1.82) is 0 Å². The van der Waals surface area contributed by atoms with Gasteiger partial charge in [0.05, 0.1) is 16.9 Å². The number of halogens is 1. The molecule has 6 heteroatoms. The summed E-state index contributed by atoms with van der Waals surface area (Å²) in [6.07, 6.45) is -0.311.